The van der Waals surface area contributed by atoms with Gasteiger partial charge >= 0.3 is 0 Å². The molecule has 1 aromatic carbocycles. The highest BCUT2D eigenvalue weighted by Crippen LogP contribution is 2.18. The van der Waals surface area contributed by atoms with Gasteiger partial charge in [-0.1, -0.05) is 18.2 Å². The minimum atomic E-state index is -0.259. The molecule has 0 bridgehead atoms. The Morgan fingerprint density at radius 2 is 1.79 bits per heavy atom. The van der Waals surface area contributed by atoms with Gasteiger partial charge in [0.05, 0.1) is 5.56 Å². The molecule has 6 heteroatoms. The van der Waals surface area contributed by atoms with Crippen LogP contribution in [0.25, 0.3) is 11.0 Å². The monoisotopic (exact) mass is 323 g/mol. The van der Waals surface area contributed by atoms with Crippen molar-refractivity contribution in [2.45, 2.75) is 6.42 Å². The second-order valence-electron chi connectivity index (χ2n) is 5.26. The highest BCUT2D eigenvalue weighted by molar-refractivity contribution is 5.96. The number of carbonyl (C=O) groups excluding carboxylic acids is 2. The van der Waals surface area contributed by atoms with Crippen LogP contribution in [0.1, 0.15) is 27.3 Å². The van der Waals surface area contributed by atoms with Gasteiger partial charge in [0, 0.05) is 30.9 Å². The Morgan fingerprint density at radius 3 is 2.54 bits per heavy atom. The number of para-hydroxylation sites is 1. The van der Waals surface area contributed by atoms with Crippen molar-refractivity contribution in [3.63, 3.8) is 0 Å². The van der Waals surface area contributed by atoms with E-state index in [0.717, 1.165) is 5.39 Å². The van der Waals surface area contributed by atoms with Crippen LogP contribution in [0.15, 0.2) is 59.3 Å². The smallest absolute Gasteiger partial charge is 0.287 e. The number of hydrogen-bond donors (Lipinski definition) is 2. The molecule has 0 aliphatic carbocycles. The number of fused-ring (bicyclic) bond motifs is 1. The van der Waals surface area contributed by atoms with Gasteiger partial charge in [0.2, 0.25) is 0 Å². The van der Waals surface area contributed by atoms with Crippen molar-refractivity contribution in [2.75, 3.05) is 13.1 Å². The van der Waals surface area contributed by atoms with E-state index in [-0.39, 0.29) is 17.6 Å². The molecule has 3 rings (SSSR count). The van der Waals surface area contributed by atoms with E-state index in [4.69, 9.17) is 4.42 Å². The fraction of sp³-hybridized carbons (Fsp3) is 0.167. The number of nitrogens with zero attached hydrogens (tertiary/aromatic N) is 1. The van der Waals surface area contributed by atoms with E-state index < -0.39 is 0 Å². The lowest BCUT2D eigenvalue weighted by Gasteiger charge is -2.05. The molecule has 3 aromatic rings. The van der Waals surface area contributed by atoms with Crippen molar-refractivity contribution in [1.82, 2.24) is 15.6 Å². The maximum atomic E-state index is 12.0. The Bertz CT molecular complexity index is 810. The first-order chi connectivity index (χ1) is 11.7. The molecule has 0 atom stereocenters. The van der Waals surface area contributed by atoms with Crippen LogP contribution in [-0.4, -0.2) is 29.9 Å². The number of rotatable bonds is 6. The predicted molar refractivity (Wildman–Crippen MR) is 89.7 cm³/mol. The van der Waals surface area contributed by atoms with Crippen LogP contribution in [0.3, 0.4) is 0 Å². The molecule has 2 heterocycles. The lowest BCUT2D eigenvalue weighted by molar-refractivity contribution is 0.0927. The number of benzene rings is 1. The van der Waals surface area contributed by atoms with E-state index in [1.165, 1.54) is 6.20 Å². The molecule has 2 N–H and O–H groups in total. The number of pyridine rings is 1. The van der Waals surface area contributed by atoms with Gasteiger partial charge < -0.3 is 15.1 Å². The number of hydrogen-bond acceptors (Lipinski definition) is 4. The summed E-state index contributed by atoms with van der Waals surface area (Å²) in [6.45, 7) is 0.914. The zero-order valence-corrected chi connectivity index (χ0v) is 13.0. The first-order valence-corrected chi connectivity index (χ1v) is 7.69. The molecule has 0 aliphatic rings. The number of aromatic nitrogens is 1. The van der Waals surface area contributed by atoms with E-state index in [9.17, 15) is 9.59 Å². The molecule has 0 unspecified atom stereocenters. The van der Waals surface area contributed by atoms with Crippen molar-refractivity contribution < 1.29 is 14.0 Å². The van der Waals surface area contributed by atoms with Crippen LogP contribution in [0.2, 0.25) is 0 Å². The van der Waals surface area contributed by atoms with Crippen LogP contribution < -0.4 is 10.6 Å². The summed E-state index contributed by atoms with van der Waals surface area (Å²) < 4.78 is 5.49. The normalized spacial score (nSPS) is 10.5. The van der Waals surface area contributed by atoms with Crippen molar-refractivity contribution in [2.24, 2.45) is 0 Å². The van der Waals surface area contributed by atoms with Gasteiger partial charge in [-0.3, -0.25) is 14.6 Å². The van der Waals surface area contributed by atoms with Gasteiger partial charge in [-0.2, -0.15) is 0 Å². The Labute approximate surface area is 138 Å². The van der Waals surface area contributed by atoms with Crippen LogP contribution in [-0.2, 0) is 0 Å². The summed E-state index contributed by atoms with van der Waals surface area (Å²) in [5, 5.41) is 6.45. The number of furan rings is 1. The first kappa shape index (κ1) is 15.7. The molecule has 0 spiro atoms. The standard InChI is InChI=1S/C18H17N3O3/c22-17(14-6-3-8-19-12-14)20-9-4-10-21-18(23)16-11-13-5-1-2-7-15(13)24-16/h1-3,5-8,11-12H,4,9-10H2,(H,20,22)(H,21,23). The van der Waals surface area contributed by atoms with E-state index in [1.54, 1.807) is 24.4 Å². The van der Waals surface area contributed by atoms with Gasteiger partial charge in [0.15, 0.2) is 5.76 Å². The van der Waals surface area contributed by atoms with Gasteiger partial charge in [-0.25, -0.2) is 0 Å². The molecular weight excluding hydrogens is 306 g/mol. The summed E-state index contributed by atoms with van der Waals surface area (Å²) in [5.41, 5.74) is 1.20. The second-order valence-corrected chi connectivity index (χ2v) is 5.26. The van der Waals surface area contributed by atoms with E-state index in [1.807, 2.05) is 24.3 Å². The minimum absolute atomic E-state index is 0.174. The van der Waals surface area contributed by atoms with Crippen LogP contribution in [0, 0.1) is 0 Å². The predicted octanol–water partition coefficient (Wildman–Crippen LogP) is 2.38. The minimum Gasteiger partial charge on any atom is -0.451 e. The van der Waals surface area contributed by atoms with Crippen LogP contribution in [0.5, 0.6) is 0 Å². The van der Waals surface area contributed by atoms with Crippen molar-refractivity contribution in [3.05, 3.63) is 66.2 Å². The number of amides is 2. The number of carbonyl (C=O) groups is 2. The quantitative estimate of drug-likeness (QED) is 0.682. The van der Waals surface area contributed by atoms with E-state index in [0.29, 0.717) is 30.7 Å². The summed E-state index contributed by atoms with van der Waals surface area (Å²) in [5.74, 6) is -0.146. The lowest BCUT2D eigenvalue weighted by Crippen LogP contribution is -2.29. The van der Waals surface area contributed by atoms with Gasteiger partial charge in [0.25, 0.3) is 11.8 Å². The Hall–Kier alpha value is -3.15. The highest BCUT2D eigenvalue weighted by atomic mass is 16.3. The van der Waals surface area contributed by atoms with E-state index in [2.05, 4.69) is 15.6 Å². The van der Waals surface area contributed by atoms with Crippen molar-refractivity contribution in [3.8, 4) is 0 Å². The van der Waals surface area contributed by atoms with Crippen molar-refractivity contribution in [1.29, 1.82) is 0 Å². The van der Waals surface area contributed by atoms with Gasteiger partial charge in [-0.15, -0.1) is 0 Å². The Balaban J connectivity index is 1.41. The molecule has 0 radical (unpaired) electrons. The molecule has 0 fully saturated rings. The van der Waals surface area contributed by atoms with Gasteiger partial charge in [-0.05, 0) is 30.7 Å². The fourth-order valence-electron chi connectivity index (χ4n) is 2.27. The summed E-state index contributed by atoms with van der Waals surface area (Å²) in [7, 11) is 0. The molecule has 0 aliphatic heterocycles. The highest BCUT2D eigenvalue weighted by Gasteiger charge is 2.11. The molecule has 0 saturated heterocycles. The SMILES string of the molecule is O=C(NCCCNC(=O)c1cc2ccccc2o1)c1cccnc1. The topological polar surface area (TPSA) is 84.2 Å². The molecular formula is C18H17N3O3. The zero-order valence-electron chi connectivity index (χ0n) is 13.0. The maximum absolute atomic E-state index is 12.0. The van der Waals surface area contributed by atoms with Crippen molar-refractivity contribution >= 4 is 22.8 Å². The zero-order chi connectivity index (χ0) is 16.8. The average molecular weight is 323 g/mol. The Kier molecular flexibility index (Phi) is 4.86. The molecule has 0 saturated carbocycles. The van der Waals surface area contributed by atoms with Crippen LogP contribution in [0.4, 0.5) is 0 Å². The summed E-state index contributed by atoms with van der Waals surface area (Å²) in [6, 6.07) is 12.6. The summed E-state index contributed by atoms with van der Waals surface area (Å²) in [6.07, 6.45) is 3.75. The lowest BCUT2D eigenvalue weighted by atomic mass is 10.2. The average Bonchev–Trinajstić information content (AvgIpc) is 3.06. The third kappa shape index (κ3) is 3.78. The molecule has 6 nitrogen and oxygen atoms in total. The van der Waals surface area contributed by atoms with Gasteiger partial charge in [0.1, 0.15) is 5.58 Å². The molecule has 24 heavy (non-hydrogen) atoms. The third-order valence-corrected chi connectivity index (χ3v) is 3.50. The maximum Gasteiger partial charge on any atom is 0.287 e. The molecule has 122 valence electrons. The summed E-state index contributed by atoms with van der Waals surface area (Å²) in [4.78, 5) is 27.7. The third-order valence-electron chi connectivity index (χ3n) is 3.50. The Morgan fingerprint density at radius 1 is 1.00 bits per heavy atom. The molecule has 2 aromatic heterocycles. The van der Waals surface area contributed by atoms with E-state index >= 15 is 0 Å². The second kappa shape index (κ2) is 7.41. The van der Waals surface area contributed by atoms with Crippen LogP contribution >= 0.6 is 0 Å². The fourth-order valence-corrected chi connectivity index (χ4v) is 2.27. The number of nitrogens with one attached hydrogen (secondary N) is 2. The largest absolute Gasteiger partial charge is 0.451 e. The first-order valence-electron chi connectivity index (χ1n) is 7.69. The molecule has 2 amide bonds. The summed E-state index contributed by atoms with van der Waals surface area (Å²) >= 11 is 0.